The van der Waals surface area contributed by atoms with Gasteiger partial charge in [-0.1, -0.05) is 0 Å². The lowest BCUT2D eigenvalue weighted by molar-refractivity contribution is 0.111. The van der Waals surface area contributed by atoms with E-state index >= 15 is 0 Å². The van der Waals surface area contributed by atoms with Gasteiger partial charge in [-0.15, -0.1) is 0 Å². The first-order valence-electron chi connectivity index (χ1n) is 4.16. The lowest BCUT2D eigenvalue weighted by Crippen LogP contribution is -2.33. The minimum absolute atomic E-state index is 0.200. The van der Waals surface area contributed by atoms with Crippen molar-refractivity contribution in [2.24, 2.45) is 0 Å². The van der Waals surface area contributed by atoms with Gasteiger partial charge in [0, 0.05) is 18.8 Å². The predicted molar refractivity (Wildman–Crippen MR) is 52.7 cm³/mol. The molecule has 0 fully saturated rings. The van der Waals surface area contributed by atoms with Gasteiger partial charge < -0.3 is 9.64 Å². The third-order valence-corrected chi connectivity index (χ3v) is 2.06. The number of amides is 1. The maximum atomic E-state index is 11.2. The molecule has 0 aliphatic rings. The summed E-state index contributed by atoms with van der Waals surface area (Å²) in [5.74, 6) is 0.965. The van der Waals surface area contributed by atoms with Gasteiger partial charge in [-0.2, -0.15) is 11.8 Å². The normalized spacial score (nSPS) is 9.58. The molecule has 0 saturated carbocycles. The zero-order valence-corrected chi connectivity index (χ0v) is 8.82. The van der Waals surface area contributed by atoms with Crippen LogP contribution >= 0.6 is 11.8 Å². The molecule has 0 radical (unpaired) electrons. The summed E-state index contributed by atoms with van der Waals surface area (Å²) >= 11 is 1.73. The van der Waals surface area contributed by atoms with E-state index in [2.05, 4.69) is 0 Å². The van der Waals surface area contributed by atoms with Gasteiger partial charge in [-0.25, -0.2) is 4.79 Å². The van der Waals surface area contributed by atoms with Crippen LogP contribution in [0.15, 0.2) is 0 Å². The molecular formula is C8H17NO2S. The molecule has 0 N–H and O–H groups in total. The summed E-state index contributed by atoms with van der Waals surface area (Å²) in [6.45, 7) is 5.72. The van der Waals surface area contributed by atoms with Crippen LogP contribution in [0.3, 0.4) is 0 Å². The first-order chi connectivity index (χ1) is 5.76. The van der Waals surface area contributed by atoms with E-state index in [1.165, 1.54) is 0 Å². The molecule has 0 aliphatic heterocycles. The Morgan fingerprint density at radius 2 is 2.17 bits per heavy atom. The molecule has 1 amide bonds. The zero-order valence-electron chi connectivity index (χ0n) is 8.00. The van der Waals surface area contributed by atoms with Crippen LogP contribution in [0.2, 0.25) is 0 Å². The molecule has 0 aromatic rings. The fourth-order valence-electron chi connectivity index (χ4n) is 0.795. The van der Waals surface area contributed by atoms with E-state index in [1.54, 1.807) is 16.7 Å². The van der Waals surface area contributed by atoms with Crippen molar-refractivity contribution in [3.63, 3.8) is 0 Å². The summed E-state index contributed by atoms with van der Waals surface area (Å²) in [5, 5.41) is 0. The molecule has 0 atom stereocenters. The van der Waals surface area contributed by atoms with E-state index < -0.39 is 0 Å². The zero-order chi connectivity index (χ0) is 9.40. The molecule has 0 bridgehead atoms. The molecule has 0 saturated heterocycles. The number of thioether (sulfide) groups is 1. The summed E-state index contributed by atoms with van der Waals surface area (Å²) < 4.78 is 4.87. The Balaban J connectivity index is 3.71. The molecule has 72 valence electrons. The average Bonchev–Trinajstić information content (AvgIpc) is 2.06. The van der Waals surface area contributed by atoms with Crippen LogP contribution in [0, 0.1) is 0 Å². The van der Waals surface area contributed by atoms with Crippen LogP contribution in [0.1, 0.15) is 13.8 Å². The molecule has 0 aromatic carbocycles. The predicted octanol–water partition coefficient (Wildman–Crippen LogP) is 1.83. The largest absolute Gasteiger partial charge is 0.450 e. The summed E-state index contributed by atoms with van der Waals surface area (Å²) in [7, 11) is 0. The molecule has 4 heteroatoms. The van der Waals surface area contributed by atoms with Crippen molar-refractivity contribution in [3.05, 3.63) is 0 Å². The van der Waals surface area contributed by atoms with E-state index in [-0.39, 0.29) is 6.09 Å². The second-order valence-electron chi connectivity index (χ2n) is 2.27. The van der Waals surface area contributed by atoms with Crippen LogP contribution in [-0.4, -0.2) is 42.7 Å². The van der Waals surface area contributed by atoms with Crippen molar-refractivity contribution in [2.45, 2.75) is 13.8 Å². The maximum absolute atomic E-state index is 11.2. The number of hydrogen-bond acceptors (Lipinski definition) is 3. The Morgan fingerprint density at radius 1 is 1.50 bits per heavy atom. The number of carbonyl (C=O) groups excluding carboxylic acids is 1. The van der Waals surface area contributed by atoms with Gasteiger partial charge in [-0.05, 0) is 20.1 Å². The highest BCUT2D eigenvalue weighted by atomic mass is 32.2. The monoisotopic (exact) mass is 191 g/mol. The molecule has 0 rings (SSSR count). The number of rotatable bonds is 5. The van der Waals surface area contributed by atoms with Crippen LogP contribution in [-0.2, 0) is 4.74 Å². The molecular weight excluding hydrogens is 174 g/mol. The molecule has 0 aromatic heterocycles. The molecule has 0 spiro atoms. The molecule has 3 nitrogen and oxygen atoms in total. The Morgan fingerprint density at radius 3 is 2.58 bits per heavy atom. The highest BCUT2D eigenvalue weighted by Gasteiger charge is 2.10. The van der Waals surface area contributed by atoms with Crippen LogP contribution in [0.5, 0.6) is 0 Å². The Labute approximate surface area is 78.5 Å². The number of carbonyl (C=O) groups is 1. The van der Waals surface area contributed by atoms with Crippen molar-refractivity contribution in [2.75, 3.05) is 31.7 Å². The highest BCUT2D eigenvalue weighted by Crippen LogP contribution is 1.98. The number of ether oxygens (including phenoxy) is 1. The second-order valence-corrected chi connectivity index (χ2v) is 3.26. The van der Waals surface area contributed by atoms with Gasteiger partial charge in [-0.3, -0.25) is 0 Å². The summed E-state index contributed by atoms with van der Waals surface area (Å²) in [4.78, 5) is 12.9. The Kier molecular flexibility index (Phi) is 7.05. The van der Waals surface area contributed by atoms with E-state index in [4.69, 9.17) is 4.74 Å². The first kappa shape index (κ1) is 11.6. The van der Waals surface area contributed by atoms with E-state index in [9.17, 15) is 4.79 Å². The lowest BCUT2D eigenvalue weighted by atomic mass is 10.5. The van der Waals surface area contributed by atoms with Crippen molar-refractivity contribution in [1.82, 2.24) is 4.90 Å². The van der Waals surface area contributed by atoms with Gasteiger partial charge in [0.15, 0.2) is 0 Å². The Hall–Kier alpha value is -0.380. The SMILES string of the molecule is CCOC(=O)N(CC)CCSC. The summed E-state index contributed by atoms with van der Waals surface area (Å²) in [6, 6.07) is 0. The molecule has 0 aliphatic carbocycles. The topological polar surface area (TPSA) is 29.5 Å². The van der Waals surface area contributed by atoms with Gasteiger partial charge in [0.2, 0.25) is 0 Å². The smallest absolute Gasteiger partial charge is 0.409 e. The van der Waals surface area contributed by atoms with Crippen LogP contribution in [0.4, 0.5) is 4.79 Å². The van der Waals surface area contributed by atoms with Crippen LogP contribution in [0.25, 0.3) is 0 Å². The molecule has 0 unspecified atom stereocenters. The van der Waals surface area contributed by atoms with Gasteiger partial charge >= 0.3 is 6.09 Å². The van der Waals surface area contributed by atoms with E-state index in [0.717, 1.165) is 18.8 Å². The Bertz CT molecular complexity index is 130. The lowest BCUT2D eigenvalue weighted by Gasteiger charge is -2.18. The summed E-state index contributed by atoms with van der Waals surface area (Å²) in [5.41, 5.74) is 0. The quantitative estimate of drug-likeness (QED) is 0.664. The third kappa shape index (κ3) is 4.49. The van der Waals surface area contributed by atoms with E-state index in [0.29, 0.717) is 6.61 Å². The van der Waals surface area contributed by atoms with Crippen LogP contribution < -0.4 is 0 Å². The number of nitrogens with zero attached hydrogens (tertiary/aromatic N) is 1. The second kappa shape index (κ2) is 7.28. The van der Waals surface area contributed by atoms with Crippen molar-refractivity contribution < 1.29 is 9.53 Å². The third-order valence-electron chi connectivity index (χ3n) is 1.47. The first-order valence-corrected chi connectivity index (χ1v) is 5.56. The summed E-state index contributed by atoms with van der Waals surface area (Å²) in [6.07, 6.45) is 1.83. The number of hydrogen-bond donors (Lipinski definition) is 0. The minimum Gasteiger partial charge on any atom is -0.450 e. The highest BCUT2D eigenvalue weighted by molar-refractivity contribution is 7.98. The molecule has 12 heavy (non-hydrogen) atoms. The van der Waals surface area contributed by atoms with Gasteiger partial charge in [0.25, 0.3) is 0 Å². The fourth-order valence-corrected chi connectivity index (χ4v) is 1.20. The van der Waals surface area contributed by atoms with Gasteiger partial charge in [0.1, 0.15) is 0 Å². The van der Waals surface area contributed by atoms with E-state index in [1.807, 2.05) is 20.1 Å². The average molecular weight is 191 g/mol. The van der Waals surface area contributed by atoms with Crippen molar-refractivity contribution >= 4 is 17.9 Å². The van der Waals surface area contributed by atoms with Gasteiger partial charge in [0.05, 0.1) is 6.61 Å². The standard InChI is InChI=1S/C8H17NO2S/c1-4-9(6-7-12-3)8(10)11-5-2/h4-7H2,1-3H3. The van der Waals surface area contributed by atoms with Crippen molar-refractivity contribution in [3.8, 4) is 0 Å². The fraction of sp³-hybridized carbons (Fsp3) is 0.875. The minimum atomic E-state index is -0.200. The maximum Gasteiger partial charge on any atom is 0.409 e. The molecule has 0 heterocycles. The van der Waals surface area contributed by atoms with Crippen molar-refractivity contribution in [1.29, 1.82) is 0 Å².